The second kappa shape index (κ2) is 6.12. The summed E-state index contributed by atoms with van der Waals surface area (Å²) in [6.45, 7) is 13.6. The number of hydrogen-bond donors (Lipinski definition) is 2. The molecule has 2 aliphatic carbocycles. The van der Waals surface area contributed by atoms with Crippen molar-refractivity contribution in [1.82, 2.24) is 10.0 Å². The normalized spacial score (nSPS) is 32.9. The Balaban J connectivity index is 1.86. The van der Waals surface area contributed by atoms with Gasteiger partial charge in [-0.2, -0.15) is 0 Å². The van der Waals surface area contributed by atoms with Gasteiger partial charge in [0.25, 0.3) is 0 Å². The van der Waals surface area contributed by atoms with Crippen LogP contribution in [0.5, 0.6) is 0 Å². The third-order valence-corrected chi connectivity index (χ3v) is 6.67. The third-order valence-electron chi connectivity index (χ3n) is 4.97. The van der Waals surface area contributed by atoms with E-state index in [0.29, 0.717) is 11.8 Å². The van der Waals surface area contributed by atoms with E-state index in [-0.39, 0.29) is 22.4 Å². The van der Waals surface area contributed by atoms with Crippen LogP contribution in [0.2, 0.25) is 0 Å². The van der Waals surface area contributed by atoms with E-state index >= 15 is 0 Å². The molecule has 5 nitrogen and oxygen atoms in total. The molecular weight excluding hydrogens is 312 g/mol. The van der Waals surface area contributed by atoms with Crippen LogP contribution in [0.25, 0.3) is 0 Å². The van der Waals surface area contributed by atoms with Crippen molar-refractivity contribution in [2.75, 3.05) is 0 Å². The first-order chi connectivity index (χ1) is 10.3. The number of ether oxygens (including phenoxy) is 1. The molecule has 0 saturated heterocycles. The maximum atomic E-state index is 12.3. The zero-order chi connectivity index (χ0) is 17.6. The molecule has 3 unspecified atom stereocenters. The number of amides is 1. The number of carbonyl (C=O) groups is 1. The van der Waals surface area contributed by atoms with Gasteiger partial charge in [-0.3, -0.25) is 0 Å². The molecule has 1 amide bonds. The van der Waals surface area contributed by atoms with Crippen molar-refractivity contribution in [3.05, 3.63) is 0 Å². The lowest BCUT2D eigenvalue weighted by molar-refractivity contribution is -0.0935. The summed E-state index contributed by atoms with van der Waals surface area (Å²) in [4.78, 5) is 12.0. The second-order valence-electron chi connectivity index (χ2n) is 9.08. The molecule has 134 valence electrons. The van der Waals surface area contributed by atoms with Crippen LogP contribution in [0.4, 0.5) is 4.79 Å². The molecule has 0 bridgehead atoms. The predicted molar refractivity (Wildman–Crippen MR) is 93.4 cm³/mol. The maximum absolute atomic E-state index is 12.3. The average molecular weight is 345 g/mol. The summed E-state index contributed by atoms with van der Waals surface area (Å²) in [5.41, 5.74) is -0.562. The van der Waals surface area contributed by atoms with Crippen molar-refractivity contribution in [2.24, 2.45) is 11.8 Å². The number of hydrogen-bond acceptors (Lipinski definition) is 4. The Bertz CT molecular complexity index is 458. The molecule has 0 aromatic carbocycles. The first-order valence-corrected chi connectivity index (χ1v) is 9.68. The van der Waals surface area contributed by atoms with Crippen LogP contribution in [0.3, 0.4) is 0 Å². The Labute approximate surface area is 143 Å². The highest BCUT2D eigenvalue weighted by molar-refractivity contribution is 7.90. The van der Waals surface area contributed by atoms with Gasteiger partial charge < -0.3 is 14.6 Å². The molecule has 6 heteroatoms. The van der Waals surface area contributed by atoms with Gasteiger partial charge in [-0.15, -0.1) is 4.72 Å². The number of carbonyl (C=O) groups excluding carboxylic acids is 1. The van der Waals surface area contributed by atoms with E-state index in [4.69, 9.17) is 4.74 Å². The Hall–Kier alpha value is -0.460. The van der Waals surface area contributed by atoms with Gasteiger partial charge in [-0.25, -0.2) is 4.79 Å². The summed E-state index contributed by atoms with van der Waals surface area (Å²) in [5.74, 6) is 0.930. The molecule has 2 rings (SSSR count). The molecule has 2 saturated carbocycles. The van der Waals surface area contributed by atoms with E-state index in [0.717, 1.165) is 19.3 Å². The van der Waals surface area contributed by atoms with Gasteiger partial charge in [0.15, 0.2) is 0 Å². The van der Waals surface area contributed by atoms with Gasteiger partial charge in [0.2, 0.25) is 0 Å². The van der Waals surface area contributed by atoms with Gasteiger partial charge in [-0.05, 0) is 79.6 Å². The zero-order valence-corrected chi connectivity index (χ0v) is 16.3. The quantitative estimate of drug-likeness (QED) is 0.769. The highest BCUT2D eigenvalue weighted by Crippen LogP contribution is 2.58. The number of rotatable bonds is 4. The SMILES string of the molecule is C[C@@H](N[S@+]([O-])C(C)(C)C)C1CC2(NC(=O)OC(C)(C)C)CCC12. The van der Waals surface area contributed by atoms with Crippen LogP contribution in [-0.4, -0.2) is 32.6 Å². The Kier molecular flexibility index (Phi) is 5.02. The molecule has 0 aliphatic heterocycles. The lowest BCUT2D eigenvalue weighted by atomic mass is 9.46. The van der Waals surface area contributed by atoms with Crippen LogP contribution in [0, 0.1) is 11.8 Å². The summed E-state index contributed by atoms with van der Waals surface area (Å²) in [7, 11) is 0. The van der Waals surface area contributed by atoms with Crippen molar-refractivity contribution in [3.63, 3.8) is 0 Å². The van der Waals surface area contributed by atoms with Crippen molar-refractivity contribution < 1.29 is 14.1 Å². The first-order valence-electron chi connectivity index (χ1n) is 8.53. The Morgan fingerprint density at radius 1 is 1.30 bits per heavy atom. The van der Waals surface area contributed by atoms with Crippen LogP contribution in [0.1, 0.15) is 67.7 Å². The molecule has 0 spiro atoms. The molecule has 2 aliphatic rings. The number of nitrogens with one attached hydrogen (secondary N) is 2. The largest absolute Gasteiger partial charge is 0.598 e. The minimum Gasteiger partial charge on any atom is -0.598 e. The molecule has 0 radical (unpaired) electrons. The molecule has 0 aromatic rings. The van der Waals surface area contributed by atoms with Crippen LogP contribution >= 0.6 is 0 Å². The molecule has 2 N–H and O–H groups in total. The summed E-state index contributed by atoms with van der Waals surface area (Å²) < 4.78 is 20.6. The van der Waals surface area contributed by atoms with Crippen LogP contribution in [-0.2, 0) is 16.1 Å². The molecule has 0 heterocycles. The summed E-state index contributed by atoms with van der Waals surface area (Å²) in [5, 5.41) is 3.09. The van der Waals surface area contributed by atoms with Crippen LogP contribution in [0.15, 0.2) is 0 Å². The van der Waals surface area contributed by atoms with Gasteiger partial charge in [0.1, 0.15) is 10.3 Å². The molecule has 23 heavy (non-hydrogen) atoms. The van der Waals surface area contributed by atoms with Crippen molar-refractivity contribution >= 4 is 17.5 Å². The molecule has 2 fully saturated rings. The molecule has 0 aromatic heterocycles. The molecular formula is C17H32N2O3S. The average Bonchev–Trinajstić information content (AvgIpc) is 2.32. The van der Waals surface area contributed by atoms with E-state index in [1.165, 1.54) is 0 Å². The standard InChI is InChI=1S/C17H32N2O3S/c1-11(19-23(21)16(5,6)7)12-10-17(9-8-13(12)17)18-14(20)22-15(2,3)4/h11-13,19H,8-10H2,1-7H3,(H,18,20)/t11-,12?,13?,17?,23-/m1/s1. The van der Waals surface area contributed by atoms with Gasteiger partial charge in [0, 0.05) is 16.9 Å². The van der Waals surface area contributed by atoms with Gasteiger partial charge in [-0.1, -0.05) is 0 Å². The van der Waals surface area contributed by atoms with E-state index < -0.39 is 17.0 Å². The Morgan fingerprint density at radius 2 is 1.91 bits per heavy atom. The predicted octanol–water partition coefficient (Wildman–Crippen LogP) is 3.12. The van der Waals surface area contributed by atoms with E-state index in [1.54, 1.807) is 0 Å². The van der Waals surface area contributed by atoms with Crippen molar-refractivity contribution in [1.29, 1.82) is 0 Å². The number of fused-ring (bicyclic) bond motifs is 1. The summed E-state index contributed by atoms with van der Waals surface area (Å²) in [6, 6.07) is 0.189. The zero-order valence-electron chi connectivity index (χ0n) is 15.5. The maximum Gasteiger partial charge on any atom is 0.408 e. The highest BCUT2D eigenvalue weighted by atomic mass is 32.2. The fourth-order valence-corrected chi connectivity index (χ4v) is 4.48. The topological polar surface area (TPSA) is 73.4 Å². The van der Waals surface area contributed by atoms with Crippen LogP contribution < -0.4 is 10.0 Å². The van der Waals surface area contributed by atoms with E-state index in [2.05, 4.69) is 17.0 Å². The number of alkyl carbamates (subject to hydrolysis) is 1. The van der Waals surface area contributed by atoms with E-state index in [1.807, 2.05) is 41.5 Å². The van der Waals surface area contributed by atoms with Crippen molar-refractivity contribution in [2.45, 2.75) is 89.7 Å². The summed E-state index contributed by atoms with van der Waals surface area (Å²) in [6.07, 6.45) is 2.75. The second-order valence-corrected chi connectivity index (χ2v) is 11.1. The molecule has 5 atom stereocenters. The lowest BCUT2D eigenvalue weighted by Gasteiger charge is -2.64. The Morgan fingerprint density at radius 3 is 2.30 bits per heavy atom. The van der Waals surface area contributed by atoms with E-state index in [9.17, 15) is 9.35 Å². The smallest absolute Gasteiger partial charge is 0.408 e. The fourth-order valence-electron chi connectivity index (χ4n) is 3.61. The summed E-state index contributed by atoms with van der Waals surface area (Å²) >= 11 is -1.06. The third kappa shape index (κ3) is 4.15. The minimum absolute atomic E-state index is 0.0911. The first kappa shape index (κ1) is 18.9. The monoisotopic (exact) mass is 344 g/mol. The lowest BCUT2D eigenvalue weighted by Crippen LogP contribution is -2.73. The highest BCUT2D eigenvalue weighted by Gasteiger charge is 2.62. The fraction of sp³-hybridized carbons (Fsp3) is 0.941. The van der Waals surface area contributed by atoms with Gasteiger partial charge in [0.05, 0.1) is 6.04 Å². The van der Waals surface area contributed by atoms with Gasteiger partial charge >= 0.3 is 6.09 Å². The van der Waals surface area contributed by atoms with Crippen molar-refractivity contribution in [3.8, 4) is 0 Å². The minimum atomic E-state index is -1.06.